The maximum Gasteiger partial charge on any atom is 0.494 e. The van der Waals surface area contributed by atoms with Crippen LogP contribution < -0.4 is 5.46 Å². The molecule has 1 fully saturated rings. The predicted octanol–water partition coefficient (Wildman–Crippen LogP) is 2.19. The zero-order valence-electron chi connectivity index (χ0n) is 13.9. The number of benzene rings is 1. The Balaban J connectivity index is 2.12. The maximum atomic E-state index is 6.06. The number of hydrogen-bond donors (Lipinski definition) is 0. The third-order valence-electron chi connectivity index (χ3n) is 4.16. The zero-order chi connectivity index (χ0) is 15.2. The first-order valence-corrected chi connectivity index (χ1v) is 7.25. The van der Waals surface area contributed by atoms with Crippen molar-refractivity contribution in [3.8, 4) is 0 Å². The molecule has 1 aliphatic rings. The van der Waals surface area contributed by atoms with Gasteiger partial charge in [0.15, 0.2) is 0 Å². The van der Waals surface area contributed by atoms with Crippen molar-refractivity contribution < 1.29 is 13.8 Å². The summed E-state index contributed by atoms with van der Waals surface area (Å²) in [6.07, 6.45) is 0. The molecule has 0 amide bonds. The average Bonchev–Trinajstić information content (AvgIpc) is 2.47. The van der Waals surface area contributed by atoms with Crippen molar-refractivity contribution in [2.75, 3.05) is 21.1 Å². The molecule has 1 saturated heterocycles. The molecule has 0 aliphatic carbocycles. The zero-order valence-corrected chi connectivity index (χ0v) is 13.9. The van der Waals surface area contributed by atoms with Crippen molar-refractivity contribution in [2.24, 2.45) is 0 Å². The number of quaternary nitrogens is 1. The number of nitrogens with zero attached hydrogens (tertiary/aromatic N) is 1. The second-order valence-electron chi connectivity index (χ2n) is 7.78. The van der Waals surface area contributed by atoms with Gasteiger partial charge in [-0.15, -0.1) is 0 Å². The van der Waals surface area contributed by atoms with Gasteiger partial charge in [0.2, 0.25) is 0 Å². The third kappa shape index (κ3) is 3.25. The van der Waals surface area contributed by atoms with E-state index in [9.17, 15) is 0 Å². The second-order valence-corrected chi connectivity index (χ2v) is 7.78. The Bertz CT molecular complexity index is 458. The second kappa shape index (κ2) is 4.87. The molecule has 20 heavy (non-hydrogen) atoms. The molecule has 0 radical (unpaired) electrons. The summed E-state index contributed by atoms with van der Waals surface area (Å²) in [6.45, 7) is 9.34. The van der Waals surface area contributed by atoms with Crippen molar-refractivity contribution in [1.82, 2.24) is 0 Å². The first-order chi connectivity index (χ1) is 9.00. The summed E-state index contributed by atoms with van der Waals surface area (Å²) in [5.74, 6) is 0. The topological polar surface area (TPSA) is 18.5 Å². The van der Waals surface area contributed by atoms with Crippen LogP contribution in [0.1, 0.15) is 33.3 Å². The van der Waals surface area contributed by atoms with Crippen LogP contribution >= 0.6 is 0 Å². The molecule has 1 heterocycles. The quantitative estimate of drug-likeness (QED) is 0.622. The minimum absolute atomic E-state index is 0.266. The van der Waals surface area contributed by atoms with Crippen molar-refractivity contribution in [3.63, 3.8) is 0 Å². The molecule has 3 nitrogen and oxygen atoms in total. The molecule has 1 aromatic rings. The minimum Gasteiger partial charge on any atom is -0.399 e. The Hall–Kier alpha value is -0.835. The van der Waals surface area contributed by atoms with Gasteiger partial charge in [0.1, 0.15) is 6.54 Å². The summed E-state index contributed by atoms with van der Waals surface area (Å²) in [5, 5.41) is 0. The summed E-state index contributed by atoms with van der Waals surface area (Å²) in [4.78, 5) is 0. The molecule has 0 spiro atoms. The van der Waals surface area contributed by atoms with Crippen LogP contribution in [0.5, 0.6) is 0 Å². The van der Waals surface area contributed by atoms with E-state index in [1.54, 1.807) is 0 Å². The largest absolute Gasteiger partial charge is 0.494 e. The maximum absolute atomic E-state index is 6.06. The standard InChI is InChI=1S/C16H27BNO2/c1-15(2)16(3,4)20-17(19-15)14-10-8-13(9-11-14)12-18(5,6)7/h8-11H,12H2,1-7H3/q+1. The van der Waals surface area contributed by atoms with Crippen molar-refractivity contribution in [1.29, 1.82) is 0 Å². The van der Waals surface area contributed by atoms with Crippen LogP contribution in [0.15, 0.2) is 24.3 Å². The lowest BCUT2D eigenvalue weighted by atomic mass is 9.79. The summed E-state index contributed by atoms with van der Waals surface area (Å²) in [6, 6.07) is 8.58. The highest BCUT2D eigenvalue weighted by molar-refractivity contribution is 6.62. The van der Waals surface area contributed by atoms with Crippen LogP contribution in [0.2, 0.25) is 0 Å². The van der Waals surface area contributed by atoms with Gasteiger partial charge in [-0.05, 0) is 33.2 Å². The van der Waals surface area contributed by atoms with Crippen molar-refractivity contribution in [3.05, 3.63) is 29.8 Å². The number of rotatable bonds is 3. The minimum atomic E-state index is -0.279. The first kappa shape index (κ1) is 15.6. The summed E-state index contributed by atoms with van der Waals surface area (Å²) < 4.78 is 13.1. The van der Waals surface area contributed by atoms with E-state index in [1.165, 1.54) is 5.56 Å². The molecule has 0 bridgehead atoms. The van der Waals surface area contributed by atoms with Crippen LogP contribution in [0.25, 0.3) is 0 Å². The molecule has 0 atom stereocenters. The molecule has 4 heteroatoms. The highest BCUT2D eigenvalue weighted by Gasteiger charge is 2.51. The van der Waals surface area contributed by atoms with E-state index in [1.807, 2.05) is 0 Å². The Morgan fingerprint density at radius 3 is 1.75 bits per heavy atom. The molecular formula is C16H27BNO2+. The number of hydrogen-bond acceptors (Lipinski definition) is 2. The van der Waals surface area contributed by atoms with Crippen molar-refractivity contribution >= 4 is 12.6 Å². The molecule has 0 saturated carbocycles. The highest BCUT2D eigenvalue weighted by Crippen LogP contribution is 2.36. The lowest BCUT2D eigenvalue weighted by molar-refractivity contribution is -0.884. The van der Waals surface area contributed by atoms with Gasteiger partial charge in [-0.3, -0.25) is 0 Å². The van der Waals surface area contributed by atoms with Gasteiger partial charge in [-0.2, -0.15) is 0 Å². The molecular weight excluding hydrogens is 249 g/mol. The molecule has 2 rings (SSSR count). The van der Waals surface area contributed by atoms with Gasteiger partial charge in [0.25, 0.3) is 0 Å². The van der Waals surface area contributed by atoms with E-state index in [0.29, 0.717) is 0 Å². The average molecular weight is 276 g/mol. The lowest BCUT2D eigenvalue weighted by Gasteiger charge is -2.32. The molecule has 0 aromatic heterocycles. The van der Waals surface area contributed by atoms with Gasteiger partial charge >= 0.3 is 7.12 Å². The van der Waals surface area contributed by atoms with E-state index < -0.39 is 0 Å². The summed E-state index contributed by atoms with van der Waals surface area (Å²) in [5.41, 5.74) is 1.86. The van der Waals surface area contributed by atoms with E-state index in [-0.39, 0.29) is 18.3 Å². The van der Waals surface area contributed by atoms with Crippen LogP contribution in [0.3, 0.4) is 0 Å². The molecule has 0 N–H and O–H groups in total. The van der Waals surface area contributed by atoms with E-state index in [2.05, 4.69) is 73.1 Å². The van der Waals surface area contributed by atoms with Gasteiger partial charge in [-0.25, -0.2) is 0 Å². The smallest absolute Gasteiger partial charge is 0.399 e. The molecule has 110 valence electrons. The van der Waals surface area contributed by atoms with Gasteiger partial charge in [0.05, 0.1) is 32.3 Å². The third-order valence-corrected chi connectivity index (χ3v) is 4.16. The van der Waals surface area contributed by atoms with Crippen molar-refractivity contribution in [2.45, 2.75) is 45.4 Å². The van der Waals surface area contributed by atoms with Gasteiger partial charge in [-0.1, -0.05) is 24.3 Å². The fourth-order valence-electron chi connectivity index (χ4n) is 2.31. The van der Waals surface area contributed by atoms with Gasteiger partial charge < -0.3 is 13.8 Å². The van der Waals surface area contributed by atoms with E-state index >= 15 is 0 Å². The fourth-order valence-corrected chi connectivity index (χ4v) is 2.31. The monoisotopic (exact) mass is 276 g/mol. The fraction of sp³-hybridized carbons (Fsp3) is 0.625. The van der Waals surface area contributed by atoms with Crippen LogP contribution in [-0.4, -0.2) is 43.9 Å². The Morgan fingerprint density at radius 2 is 1.35 bits per heavy atom. The molecule has 1 aromatic carbocycles. The lowest BCUT2D eigenvalue weighted by Crippen LogP contribution is -2.41. The Morgan fingerprint density at radius 1 is 0.900 bits per heavy atom. The predicted molar refractivity (Wildman–Crippen MR) is 83.9 cm³/mol. The summed E-state index contributed by atoms with van der Waals surface area (Å²) >= 11 is 0. The highest BCUT2D eigenvalue weighted by atomic mass is 16.7. The van der Waals surface area contributed by atoms with Crippen LogP contribution in [0, 0.1) is 0 Å². The van der Waals surface area contributed by atoms with Crippen LogP contribution in [-0.2, 0) is 15.9 Å². The van der Waals surface area contributed by atoms with E-state index in [0.717, 1.165) is 16.5 Å². The van der Waals surface area contributed by atoms with Gasteiger partial charge in [0, 0.05) is 5.56 Å². The van der Waals surface area contributed by atoms with Crippen LogP contribution in [0.4, 0.5) is 0 Å². The normalized spacial score (nSPS) is 21.2. The molecule has 0 unspecified atom stereocenters. The van der Waals surface area contributed by atoms with E-state index in [4.69, 9.17) is 9.31 Å². The Labute approximate surface area is 123 Å². The SMILES string of the molecule is CC1(C)OB(c2ccc(C[N+](C)(C)C)cc2)OC1(C)C. The molecule has 1 aliphatic heterocycles. The first-order valence-electron chi connectivity index (χ1n) is 7.25. The summed E-state index contributed by atoms with van der Waals surface area (Å²) in [7, 11) is 6.32. The Kier molecular flexibility index (Phi) is 3.78.